The average molecular weight is 211 g/mol. The molecule has 0 amide bonds. The van der Waals surface area contributed by atoms with Gasteiger partial charge in [-0.15, -0.1) is 0 Å². The summed E-state index contributed by atoms with van der Waals surface area (Å²) in [6.45, 7) is 1.11. The third kappa shape index (κ3) is 3.49. The van der Waals surface area contributed by atoms with E-state index >= 15 is 0 Å². The number of esters is 1. The lowest BCUT2D eigenvalue weighted by atomic mass is 9.96. The van der Waals surface area contributed by atoms with Gasteiger partial charge in [-0.2, -0.15) is 0 Å². The van der Waals surface area contributed by atoms with Gasteiger partial charge in [0.05, 0.1) is 0 Å². The Morgan fingerprint density at radius 2 is 2.07 bits per heavy atom. The Balaban J connectivity index is 1.57. The first-order valence-electron chi connectivity index (χ1n) is 6.27. The molecule has 1 N–H and O–H groups in total. The Bertz CT molecular complexity index is 208. The van der Waals surface area contributed by atoms with E-state index in [1.165, 1.54) is 25.7 Å². The predicted molar refractivity (Wildman–Crippen MR) is 58.6 cm³/mol. The molecule has 1 saturated carbocycles. The molecule has 1 aliphatic carbocycles. The zero-order valence-corrected chi connectivity index (χ0v) is 9.34. The van der Waals surface area contributed by atoms with Crippen LogP contribution in [0.2, 0.25) is 0 Å². The lowest BCUT2D eigenvalue weighted by Crippen LogP contribution is -2.34. The molecule has 1 atom stereocenters. The summed E-state index contributed by atoms with van der Waals surface area (Å²) in [7, 11) is 0. The largest absolute Gasteiger partial charge is 0.462 e. The topological polar surface area (TPSA) is 38.3 Å². The first kappa shape index (κ1) is 10.9. The van der Waals surface area contributed by atoms with Crippen LogP contribution in [0.25, 0.3) is 0 Å². The maximum Gasteiger partial charge on any atom is 0.306 e. The lowest BCUT2D eigenvalue weighted by molar-refractivity contribution is -0.153. The second-order valence-corrected chi connectivity index (χ2v) is 4.73. The van der Waals surface area contributed by atoms with Gasteiger partial charge >= 0.3 is 5.97 Å². The molecule has 3 heteroatoms. The Labute approximate surface area is 91.6 Å². The monoisotopic (exact) mass is 211 g/mol. The minimum Gasteiger partial charge on any atom is -0.462 e. The van der Waals surface area contributed by atoms with Gasteiger partial charge in [0.1, 0.15) is 6.10 Å². The van der Waals surface area contributed by atoms with Crippen molar-refractivity contribution < 1.29 is 9.53 Å². The van der Waals surface area contributed by atoms with Crippen molar-refractivity contribution in [1.29, 1.82) is 0 Å². The van der Waals surface area contributed by atoms with Crippen molar-refractivity contribution in [3.05, 3.63) is 0 Å². The van der Waals surface area contributed by atoms with Crippen LogP contribution < -0.4 is 5.32 Å². The van der Waals surface area contributed by atoms with E-state index in [-0.39, 0.29) is 12.1 Å². The van der Waals surface area contributed by atoms with Crippen molar-refractivity contribution in [2.75, 3.05) is 6.54 Å². The number of carbonyl (C=O) groups excluding carboxylic acids is 1. The molecule has 0 radical (unpaired) electrons. The van der Waals surface area contributed by atoms with E-state index in [0.29, 0.717) is 12.5 Å². The minimum absolute atomic E-state index is 0.00655. The van der Waals surface area contributed by atoms with Crippen molar-refractivity contribution in [2.45, 2.75) is 63.5 Å². The van der Waals surface area contributed by atoms with Crippen molar-refractivity contribution in [3.63, 3.8) is 0 Å². The Morgan fingerprint density at radius 1 is 1.20 bits per heavy atom. The molecular weight excluding hydrogens is 190 g/mol. The van der Waals surface area contributed by atoms with Gasteiger partial charge in [-0.25, -0.2) is 0 Å². The van der Waals surface area contributed by atoms with Crippen molar-refractivity contribution in [1.82, 2.24) is 5.32 Å². The van der Waals surface area contributed by atoms with Crippen LogP contribution in [0.5, 0.6) is 0 Å². The highest BCUT2D eigenvalue weighted by Crippen LogP contribution is 2.22. The predicted octanol–water partition coefficient (Wildman–Crippen LogP) is 2.00. The standard InChI is InChI=1S/C12H21NO2/c14-12(15-11-5-3-6-11)8-7-10-4-1-2-9-13-10/h10-11,13H,1-9H2. The Hall–Kier alpha value is -0.570. The summed E-state index contributed by atoms with van der Waals surface area (Å²) in [5, 5.41) is 3.45. The number of hydrogen-bond donors (Lipinski definition) is 1. The van der Waals surface area contributed by atoms with Crippen molar-refractivity contribution in [2.24, 2.45) is 0 Å². The van der Waals surface area contributed by atoms with Gasteiger partial charge in [-0.05, 0) is 45.1 Å². The lowest BCUT2D eigenvalue weighted by Gasteiger charge is -2.26. The molecule has 2 aliphatic rings. The summed E-state index contributed by atoms with van der Waals surface area (Å²) < 4.78 is 5.31. The number of nitrogens with one attached hydrogen (secondary N) is 1. The Morgan fingerprint density at radius 3 is 2.67 bits per heavy atom. The van der Waals surface area contributed by atoms with Crippen molar-refractivity contribution >= 4 is 5.97 Å². The van der Waals surface area contributed by atoms with Crippen LogP contribution in [0.1, 0.15) is 51.4 Å². The van der Waals surface area contributed by atoms with E-state index in [4.69, 9.17) is 4.74 Å². The summed E-state index contributed by atoms with van der Waals surface area (Å²) in [6.07, 6.45) is 8.97. The molecule has 15 heavy (non-hydrogen) atoms. The number of ether oxygens (including phenoxy) is 1. The quantitative estimate of drug-likeness (QED) is 0.723. The van der Waals surface area contributed by atoms with Crippen LogP contribution in [0.4, 0.5) is 0 Å². The minimum atomic E-state index is 0.00655. The maximum absolute atomic E-state index is 11.4. The van der Waals surface area contributed by atoms with Crippen LogP contribution in [0, 0.1) is 0 Å². The molecular formula is C12H21NO2. The molecule has 2 rings (SSSR count). The second kappa shape index (κ2) is 5.50. The number of piperidine rings is 1. The van der Waals surface area contributed by atoms with Gasteiger partial charge in [0.25, 0.3) is 0 Å². The molecule has 86 valence electrons. The fourth-order valence-corrected chi connectivity index (χ4v) is 2.20. The van der Waals surface area contributed by atoms with Gasteiger partial charge in [0.15, 0.2) is 0 Å². The van der Waals surface area contributed by atoms with Crippen LogP contribution in [-0.4, -0.2) is 24.7 Å². The van der Waals surface area contributed by atoms with Crippen LogP contribution >= 0.6 is 0 Å². The summed E-state index contributed by atoms with van der Waals surface area (Å²) in [5.74, 6) is 0.00655. The van der Waals surface area contributed by atoms with Gasteiger partial charge < -0.3 is 10.1 Å². The van der Waals surface area contributed by atoms with E-state index < -0.39 is 0 Å². The molecule has 0 spiro atoms. The first-order chi connectivity index (χ1) is 7.34. The SMILES string of the molecule is O=C(CCC1CCCCN1)OC1CCC1. The zero-order valence-electron chi connectivity index (χ0n) is 9.34. The highest BCUT2D eigenvalue weighted by molar-refractivity contribution is 5.69. The van der Waals surface area contributed by atoms with E-state index in [9.17, 15) is 4.79 Å². The summed E-state index contributed by atoms with van der Waals surface area (Å²) in [4.78, 5) is 11.4. The van der Waals surface area contributed by atoms with Crippen LogP contribution in [0.3, 0.4) is 0 Å². The molecule has 1 heterocycles. The molecule has 0 bridgehead atoms. The van der Waals surface area contributed by atoms with Gasteiger partial charge in [0, 0.05) is 12.5 Å². The molecule has 2 fully saturated rings. The van der Waals surface area contributed by atoms with E-state index in [2.05, 4.69) is 5.32 Å². The highest BCUT2D eigenvalue weighted by atomic mass is 16.5. The Kier molecular flexibility index (Phi) is 4.01. The molecule has 0 aromatic rings. The normalized spacial score (nSPS) is 27.1. The molecule has 1 unspecified atom stereocenters. The molecule has 0 aromatic carbocycles. The molecule has 3 nitrogen and oxygen atoms in total. The average Bonchev–Trinajstić information content (AvgIpc) is 2.22. The van der Waals surface area contributed by atoms with Crippen molar-refractivity contribution in [3.8, 4) is 0 Å². The second-order valence-electron chi connectivity index (χ2n) is 4.73. The molecule has 1 saturated heterocycles. The highest BCUT2D eigenvalue weighted by Gasteiger charge is 2.22. The number of hydrogen-bond acceptors (Lipinski definition) is 3. The van der Waals surface area contributed by atoms with Crippen LogP contribution in [0.15, 0.2) is 0 Å². The fourth-order valence-electron chi connectivity index (χ4n) is 2.20. The maximum atomic E-state index is 11.4. The molecule has 1 aliphatic heterocycles. The third-order valence-electron chi connectivity index (χ3n) is 3.46. The summed E-state index contributed by atoms with van der Waals surface area (Å²) in [5.41, 5.74) is 0. The van der Waals surface area contributed by atoms with Gasteiger partial charge in [-0.3, -0.25) is 4.79 Å². The van der Waals surface area contributed by atoms with E-state index in [1.807, 2.05) is 0 Å². The number of rotatable bonds is 4. The number of carbonyl (C=O) groups is 1. The van der Waals surface area contributed by atoms with Gasteiger partial charge in [-0.1, -0.05) is 6.42 Å². The molecule has 0 aromatic heterocycles. The van der Waals surface area contributed by atoms with E-state index in [0.717, 1.165) is 25.8 Å². The van der Waals surface area contributed by atoms with Crippen LogP contribution in [-0.2, 0) is 9.53 Å². The van der Waals surface area contributed by atoms with E-state index in [1.54, 1.807) is 0 Å². The summed E-state index contributed by atoms with van der Waals surface area (Å²) >= 11 is 0. The fraction of sp³-hybridized carbons (Fsp3) is 0.917. The third-order valence-corrected chi connectivity index (χ3v) is 3.46. The zero-order chi connectivity index (χ0) is 10.5. The van der Waals surface area contributed by atoms with Gasteiger partial charge in [0.2, 0.25) is 0 Å². The smallest absolute Gasteiger partial charge is 0.306 e. The summed E-state index contributed by atoms with van der Waals surface area (Å²) in [6, 6.07) is 0.549. The first-order valence-corrected chi connectivity index (χ1v) is 6.27.